The Bertz CT molecular complexity index is 2560. The molecular formula is C46H31NO. The van der Waals surface area contributed by atoms with Gasteiger partial charge in [0, 0.05) is 27.7 Å². The van der Waals surface area contributed by atoms with E-state index in [0.717, 1.165) is 50.1 Å². The average Bonchev–Trinajstić information content (AvgIpc) is 3.55. The van der Waals surface area contributed by atoms with Crippen LogP contribution in [0.1, 0.15) is 0 Å². The molecule has 0 atom stereocenters. The van der Waals surface area contributed by atoms with Gasteiger partial charge in [-0.15, -0.1) is 0 Å². The molecule has 1 heterocycles. The molecule has 48 heavy (non-hydrogen) atoms. The summed E-state index contributed by atoms with van der Waals surface area (Å²) in [7, 11) is 0. The summed E-state index contributed by atoms with van der Waals surface area (Å²) in [4.78, 5) is 2.35. The van der Waals surface area contributed by atoms with Crippen molar-refractivity contribution in [1.82, 2.24) is 0 Å². The SMILES string of the molecule is c1ccc(N(c2ccc(-c3cccc(-c4cccc5ccccc45)c3)cc2)c2ccccc2-c2cccc3oc4ccccc4c23)cc1. The van der Waals surface area contributed by atoms with E-state index in [0.29, 0.717) is 0 Å². The van der Waals surface area contributed by atoms with Crippen LogP contribution in [0.25, 0.3) is 66.1 Å². The minimum absolute atomic E-state index is 0.893. The van der Waals surface area contributed by atoms with Crippen LogP contribution in [0.4, 0.5) is 17.1 Å². The van der Waals surface area contributed by atoms with Crippen molar-refractivity contribution in [1.29, 1.82) is 0 Å². The van der Waals surface area contributed by atoms with E-state index in [4.69, 9.17) is 4.42 Å². The monoisotopic (exact) mass is 613 g/mol. The molecule has 1 aromatic heterocycles. The van der Waals surface area contributed by atoms with E-state index in [9.17, 15) is 0 Å². The van der Waals surface area contributed by atoms with E-state index < -0.39 is 0 Å². The summed E-state index contributed by atoms with van der Waals surface area (Å²) in [6.45, 7) is 0. The standard InChI is InChI=1S/C46H31NO/c1-2-17-36(18-3-1)47(43-24-8-6-20-40(43)41-23-12-26-45-46(41)42-21-7-9-25-44(42)48-45)37-29-27-32(28-30-37)34-15-10-16-35(31-34)39-22-11-14-33-13-4-5-19-38(33)39/h1-31H. The zero-order valence-corrected chi connectivity index (χ0v) is 26.3. The molecule has 0 radical (unpaired) electrons. The molecule has 0 saturated heterocycles. The first kappa shape index (κ1) is 27.9. The predicted molar refractivity (Wildman–Crippen MR) is 202 cm³/mol. The fourth-order valence-corrected chi connectivity index (χ4v) is 7.05. The molecule has 9 rings (SSSR count). The van der Waals surface area contributed by atoms with Crippen molar-refractivity contribution < 1.29 is 4.42 Å². The quantitative estimate of drug-likeness (QED) is 0.185. The molecular weight excluding hydrogens is 583 g/mol. The number of para-hydroxylation sites is 3. The van der Waals surface area contributed by atoms with Crippen LogP contribution in [0.2, 0.25) is 0 Å². The van der Waals surface area contributed by atoms with Gasteiger partial charge < -0.3 is 9.32 Å². The van der Waals surface area contributed by atoms with Gasteiger partial charge in [-0.1, -0.05) is 140 Å². The van der Waals surface area contributed by atoms with Gasteiger partial charge in [0.25, 0.3) is 0 Å². The molecule has 0 aliphatic rings. The van der Waals surface area contributed by atoms with Gasteiger partial charge in [0.05, 0.1) is 5.69 Å². The molecule has 0 bridgehead atoms. The third-order valence-corrected chi connectivity index (χ3v) is 9.27. The van der Waals surface area contributed by atoms with Crippen LogP contribution in [-0.2, 0) is 0 Å². The Labute approximate surface area is 279 Å². The molecule has 0 fully saturated rings. The summed E-state index contributed by atoms with van der Waals surface area (Å²) in [6, 6.07) is 66.9. The van der Waals surface area contributed by atoms with Gasteiger partial charge in [-0.25, -0.2) is 0 Å². The zero-order chi connectivity index (χ0) is 31.9. The lowest BCUT2D eigenvalue weighted by Gasteiger charge is -2.28. The van der Waals surface area contributed by atoms with Gasteiger partial charge in [-0.05, 0) is 87.1 Å². The fourth-order valence-electron chi connectivity index (χ4n) is 7.05. The van der Waals surface area contributed by atoms with Crippen LogP contribution in [0.5, 0.6) is 0 Å². The van der Waals surface area contributed by atoms with Gasteiger partial charge >= 0.3 is 0 Å². The molecule has 0 unspecified atom stereocenters. The summed E-state index contributed by atoms with van der Waals surface area (Å²) in [6.07, 6.45) is 0. The lowest BCUT2D eigenvalue weighted by molar-refractivity contribution is 0.669. The van der Waals surface area contributed by atoms with E-state index >= 15 is 0 Å². The zero-order valence-electron chi connectivity index (χ0n) is 26.3. The van der Waals surface area contributed by atoms with Crippen molar-refractivity contribution >= 4 is 49.8 Å². The number of rotatable bonds is 6. The average molecular weight is 614 g/mol. The smallest absolute Gasteiger partial charge is 0.136 e. The topological polar surface area (TPSA) is 16.4 Å². The minimum Gasteiger partial charge on any atom is -0.456 e. The van der Waals surface area contributed by atoms with Gasteiger partial charge in [0.15, 0.2) is 0 Å². The molecule has 9 aromatic rings. The van der Waals surface area contributed by atoms with Crippen LogP contribution in [-0.4, -0.2) is 0 Å². The van der Waals surface area contributed by atoms with Crippen molar-refractivity contribution in [2.24, 2.45) is 0 Å². The summed E-state index contributed by atoms with van der Waals surface area (Å²) >= 11 is 0. The first-order valence-electron chi connectivity index (χ1n) is 16.4. The van der Waals surface area contributed by atoms with Crippen molar-refractivity contribution in [2.45, 2.75) is 0 Å². The van der Waals surface area contributed by atoms with Crippen LogP contribution in [0.15, 0.2) is 192 Å². The molecule has 0 aliphatic carbocycles. The highest BCUT2D eigenvalue weighted by Gasteiger charge is 2.20. The Morgan fingerprint density at radius 3 is 1.85 bits per heavy atom. The highest BCUT2D eigenvalue weighted by Crippen LogP contribution is 2.45. The van der Waals surface area contributed by atoms with E-state index in [2.05, 4.69) is 181 Å². The lowest BCUT2D eigenvalue weighted by atomic mass is 9.95. The molecule has 0 spiro atoms. The first-order valence-corrected chi connectivity index (χ1v) is 16.4. The van der Waals surface area contributed by atoms with Gasteiger partial charge in [-0.2, -0.15) is 0 Å². The molecule has 0 aliphatic heterocycles. The number of furan rings is 1. The number of hydrogen-bond acceptors (Lipinski definition) is 2. The predicted octanol–water partition coefficient (Wildman–Crippen LogP) is 13.2. The van der Waals surface area contributed by atoms with Crippen molar-refractivity contribution in [3.63, 3.8) is 0 Å². The molecule has 0 N–H and O–H groups in total. The summed E-state index contributed by atoms with van der Waals surface area (Å²) in [5.74, 6) is 0. The van der Waals surface area contributed by atoms with Gasteiger partial charge in [0.2, 0.25) is 0 Å². The van der Waals surface area contributed by atoms with Crippen molar-refractivity contribution in [2.75, 3.05) is 4.90 Å². The summed E-state index contributed by atoms with van der Waals surface area (Å²) < 4.78 is 6.28. The highest BCUT2D eigenvalue weighted by atomic mass is 16.3. The third kappa shape index (κ3) is 4.83. The normalized spacial score (nSPS) is 11.3. The number of nitrogens with zero attached hydrogens (tertiary/aromatic N) is 1. The second-order valence-electron chi connectivity index (χ2n) is 12.1. The molecule has 0 amide bonds. The molecule has 2 nitrogen and oxygen atoms in total. The lowest BCUT2D eigenvalue weighted by Crippen LogP contribution is -2.11. The van der Waals surface area contributed by atoms with Crippen LogP contribution >= 0.6 is 0 Å². The molecule has 226 valence electrons. The third-order valence-electron chi connectivity index (χ3n) is 9.27. The fraction of sp³-hybridized carbons (Fsp3) is 0. The number of hydrogen-bond donors (Lipinski definition) is 0. The minimum atomic E-state index is 0.893. The van der Waals surface area contributed by atoms with E-state index in [1.807, 2.05) is 12.1 Å². The van der Waals surface area contributed by atoms with E-state index in [1.165, 1.54) is 33.0 Å². The van der Waals surface area contributed by atoms with Crippen LogP contribution < -0.4 is 4.90 Å². The maximum absolute atomic E-state index is 6.28. The van der Waals surface area contributed by atoms with Crippen molar-refractivity contribution in [3.8, 4) is 33.4 Å². The first-order chi connectivity index (χ1) is 23.8. The second kappa shape index (κ2) is 11.8. The Kier molecular flexibility index (Phi) is 6.84. The van der Waals surface area contributed by atoms with Gasteiger partial charge in [-0.3, -0.25) is 0 Å². The number of anilines is 3. The molecule has 8 aromatic carbocycles. The maximum Gasteiger partial charge on any atom is 0.136 e. The largest absolute Gasteiger partial charge is 0.456 e. The molecule has 0 saturated carbocycles. The van der Waals surface area contributed by atoms with E-state index in [1.54, 1.807) is 0 Å². The Morgan fingerprint density at radius 1 is 0.354 bits per heavy atom. The number of benzene rings is 8. The van der Waals surface area contributed by atoms with Crippen LogP contribution in [0.3, 0.4) is 0 Å². The summed E-state index contributed by atoms with van der Waals surface area (Å²) in [5, 5.41) is 4.78. The van der Waals surface area contributed by atoms with Gasteiger partial charge in [0.1, 0.15) is 11.2 Å². The maximum atomic E-state index is 6.28. The summed E-state index contributed by atoms with van der Waals surface area (Å²) in [5.41, 5.74) is 12.2. The van der Waals surface area contributed by atoms with E-state index in [-0.39, 0.29) is 0 Å². The Hall–Kier alpha value is -6.38. The highest BCUT2D eigenvalue weighted by molar-refractivity contribution is 6.13. The van der Waals surface area contributed by atoms with Crippen LogP contribution in [0, 0.1) is 0 Å². The Balaban J connectivity index is 1.15. The number of fused-ring (bicyclic) bond motifs is 4. The second-order valence-corrected chi connectivity index (χ2v) is 12.1. The van der Waals surface area contributed by atoms with Crippen molar-refractivity contribution in [3.05, 3.63) is 188 Å². The Morgan fingerprint density at radius 2 is 0.958 bits per heavy atom. The molecule has 2 heteroatoms.